The molecule has 2 rings (SSSR count). The van der Waals surface area contributed by atoms with Crippen molar-refractivity contribution in [2.75, 3.05) is 6.61 Å². The van der Waals surface area contributed by atoms with Gasteiger partial charge in [0.1, 0.15) is 10.0 Å². The van der Waals surface area contributed by atoms with Crippen LogP contribution in [0.2, 0.25) is 0 Å². The third-order valence-corrected chi connectivity index (χ3v) is 5.29. The van der Waals surface area contributed by atoms with Crippen LogP contribution >= 0.6 is 27.3 Å². The predicted molar refractivity (Wildman–Crippen MR) is 69.2 cm³/mol. The Morgan fingerprint density at radius 2 is 2.44 bits per heavy atom. The lowest BCUT2D eigenvalue weighted by molar-refractivity contribution is 0.104. The highest BCUT2D eigenvalue weighted by Crippen LogP contribution is 2.29. The molecule has 0 N–H and O–H groups in total. The van der Waals surface area contributed by atoms with Crippen molar-refractivity contribution < 1.29 is 4.74 Å². The SMILES string of the molecule is CCC(Br)c1nnc(CCC2CCCO2)s1. The first-order valence-electron chi connectivity index (χ1n) is 5.87. The summed E-state index contributed by atoms with van der Waals surface area (Å²) in [5, 5.41) is 10.7. The van der Waals surface area contributed by atoms with Gasteiger partial charge in [0.25, 0.3) is 0 Å². The van der Waals surface area contributed by atoms with E-state index in [0.29, 0.717) is 10.9 Å². The van der Waals surface area contributed by atoms with Gasteiger partial charge in [-0.15, -0.1) is 21.5 Å². The number of hydrogen-bond donors (Lipinski definition) is 0. The van der Waals surface area contributed by atoms with Crippen molar-refractivity contribution in [1.29, 1.82) is 0 Å². The monoisotopic (exact) mass is 304 g/mol. The molecule has 0 amide bonds. The van der Waals surface area contributed by atoms with Gasteiger partial charge in [-0.3, -0.25) is 0 Å². The molecular weight excluding hydrogens is 288 g/mol. The van der Waals surface area contributed by atoms with Crippen LogP contribution in [0.1, 0.15) is 47.4 Å². The van der Waals surface area contributed by atoms with E-state index in [1.165, 1.54) is 12.8 Å². The molecule has 0 spiro atoms. The third kappa shape index (κ3) is 3.25. The Balaban J connectivity index is 1.82. The zero-order valence-electron chi connectivity index (χ0n) is 9.49. The summed E-state index contributed by atoms with van der Waals surface area (Å²) in [5.74, 6) is 0. The second-order valence-electron chi connectivity index (χ2n) is 4.08. The van der Waals surface area contributed by atoms with Crippen molar-refractivity contribution in [3.63, 3.8) is 0 Å². The largest absolute Gasteiger partial charge is 0.378 e. The Morgan fingerprint density at radius 1 is 1.56 bits per heavy atom. The highest BCUT2D eigenvalue weighted by Gasteiger charge is 2.17. The summed E-state index contributed by atoms with van der Waals surface area (Å²) in [6.07, 6.45) is 6.03. The van der Waals surface area contributed by atoms with Crippen LogP contribution in [0.4, 0.5) is 0 Å². The molecule has 2 unspecified atom stereocenters. The first-order chi connectivity index (χ1) is 7.79. The Morgan fingerprint density at radius 3 is 3.12 bits per heavy atom. The second-order valence-corrected chi connectivity index (χ2v) is 6.28. The van der Waals surface area contributed by atoms with Crippen molar-refractivity contribution in [1.82, 2.24) is 10.2 Å². The van der Waals surface area contributed by atoms with Gasteiger partial charge < -0.3 is 4.74 Å². The van der Waals surface area contributed by atoms with Crippen molar-refractivity contribution in [2.45, 2.75) is 50.0 Å². The first-order valence-corrected chi connectivity index (χ1v) is 7.60. The Kier molecular flexibility index (Phi) is 4.73. The van der Waals surface area contributed by atoms with Crippen molar-refractivity contribution >= 4 is 27.3 Å². The first kappa shape index (κ1) is 12.5. The second kappa shape index (κ2) is 6.07. The number of aromatic nitrogens is 2. The number of rotatable bonds is 5. The number of nitrogens with zero attached hydrogens (tertiary/aromatic N) is 2. The Labute approximate surface area is 109 Å². The zero-order valence-corrected chi connectivity index (χ0v) is 11.9. The molecule has 0 radical (unpaired) electrons. The summed E-state index contributed by atoms with van der Waals surface area (Å²) in [6, 6.07) is 0. The van der Waals surface area contributed by atoms with Gasteiger partial charge >= 0.3 is 0 Å². The third-order valence-electron chi connectivity index (χ3n) is 2.81. The molecule has 16 heavy (non-hydrogen) atoms. The molecule has 2 atom stereocenters. The fourth-order valence-electron chi connectivity index (χ4n) is 1.83. The van der Waals surface area contributed by atoms with Gasteiger partial charge in [-0.05, 0) is 25.7 Å². The van der Waals surface area contributed by atoms with E-state index >= 15 is 0 Å². The highest BCUT2D eigenvalue weighted by atomic mass is 79.9. The standard InChI is InChI=1S/C11H17BrN2OS/c1-2-9(12)11-14-13-10(16-11)6-5-8-4-3-7-15-8/h8-9H,2-7H2,1H3. The molecule has 0 saturated carbocycles. The minimum absolute atomic E-state index is 0.362. The van der Waals surface area contributed by atoms with Gasteiger partial charge in [0.05, 0.1) is 10.9 Å². The van der Waals surface area contributed by atoms with Crippen LogP contribution < -0.4 is 0 Å². The van der Waals surface area contributed by atoms with Gasteiger partial charge in [-0.1, -0.05) is 22.9 Å². The molecular formula is C11H17BrN2OS. The van der Waals surface area contributed by atoms with Crippen LogP contribution in [-0.2, 0) is 11.2 Å². The molecule has 1 saturated heterocycles. The molecule has 1 fully saturated rings. The van der Waals surface area contributed by atoms with Gasteiger partial charge in [0.15, 0.2) is 0 Å². The van der Waals surface area contributed by atoms with Crippen LogP contribution in [0, 0.1) is 0 Å². The number of ether oxygens (including phenoxy) is 1. The van der Waals surface area contributed by atoms with E-state index in [-0.39, 0.29) is 0 Å². The average molecular weight is 305 g/mol. The van der Waals surface area contributed by atoms with Crippen LogP contribution in [0.15, 0.2) is 0 Å². The van der Waals surface area contributed by atoms with E-state index < -0.39 is 0 Å². The Bertz CT molecular complexity index is 326. The molecule has 0 aliphatic carbocycles. The predicted octanol–water partition coefficient (Wildman–Crippen LogP) is 3.50. The van der Waals surface area contributed by atoms with Gasteiger partial charge in [0.2, 0.25) is 0 Å². The molecule has 3 nitrogen and oxygen atoms in total. The number of aryl methyl sites for hydroxylation is 1. The zero-order chi connectivity index (χ0) is 11.4. The number of halogens is 1. The molecule has 0 aromatic carbocycles. The van der Waals surface area contributed by atoms with Crippen LogP contribution in [-0.4, -0.2) is 22.9 Å². The fourth-order valence-corrected chi connectivity index (χ4v) is 3.12. The quantitative estimate of drug-likeness (QED) is 0.781. The van der Waals surface area contributed by atoms with E-state index in [1.807, 2.05) is 0 Å². The maximum atomic E-state index is 5.60. The summed E-state index contributed by atoms with van der Waals surface area (Å²) in [5.41, 5.74) is 0. The van der Waals surface area contributed by atoms with Crippen LogP contribution in [0.3, 0.4) is 0 Å². The molecule has 1 aliphatic heterocycles. The molecule has 1 aromatic rings. The van der Waals surface area contributed by atoms with Gasteiger partial charge in [0, 0.05) is 13.0 Å². The van der Waals surface area contributed by atoms with E-state index in [9.17, 15) is 0 Å². The van der Waals surface area contributed by atoms with E-state index in [4.69, 9.17) is 4.74 Å². The van der Waals surface area contributed by atoms with Crippen LogP contribution in [0.25, 0.3) is 0 Å². The van der Waals surface area contributed by atoms with Crippen LogP contribution in [0.5, 0.6) is 0 Å². The van der Waals surface area contributed by atoms with Gasteiger partial charge in [-0.2, -0.15) is 0 Å². The summed E-state index contributed by atoms with van der Waals surface area (Å²) in [6.45, 7) is 3.08. The van der Waals surface area contributed by atoms with Crippen molar-refractivity contribution in [3.8, 4) is 0 Å². The molecule has 1 aromatic heterocycles. The normalized spacial score (nSPS) is 22.5. The van der Waals surface area contributed by atoms with Crippen molar-refractivity contribution in [2.24, 2.45) is 0 Å². The smallest absolute Gasteiger partial charge is 0.131 e. The lowest BCUT2D eigenvalue weighted by Gasteiger charge is -2.06. The van der Waals surface area contributed by atoms with E-state index in [2.05, 4.69) is 33.1 Å². The lowest BCUT2D eigenvalue weighted by Crippen LogP contribution is -2.05. The minimum Gasteiger partial charge on any atom is -0.378 e. The molecule has 0 bridgehead atoms. The molecule has 1 aliphatic rings. The van der Waals surface area contributed by atoms with Gasteiger partial charge in [-0.25, -0.2) is 0 Å². The average Bonchev–Trinajstić information content (AvgIpc) is 2.96. The minimum atomic E-state index is 0.362. The fraction of sp³-hybridized carbons (Fsp3) is 0.818. The van der Waals surface area contributed by atoms with E-state index in [1.54, 1.807) is 11.3 Å². The highest BCUT2D eigenvalue weighted by molar-refractivity contribution is 9.09. The topological polar surface area (TPSA) is 35.0 Å². The maximum Gasteiger partial charge on any atom is 0.131 e. The maximum absolute atomic E-state index is 5.60. The summed E-state index contributed by atoms with van der Waals surface area (Å²) >= 11 is 5.32. The number of hydrogen-bond acceptors (Lipinski definition) is 4. The summed E-state index contributed by atoms with van der Waals surface area (Å²) < 4.78 is 5.60. The summed E-state index contributed by atoms with van der Waals surface area (Å²) in [7, 11) is 0. The molecule has 5 heteroatoms. The van der Waals surface area contributed by atoms with E-state index in [0.717, 1.165) is 35.9 Å². The summed E-state index contributed by atoms with van der Waals surface area (Å²) in [4.78, 5) is 0.362. The Hall–Kier alpha value is -0.0000000000000000555. The number of alkyl halides is 1. The lowest BCUT2D eigenvalue weighted by atomic mass is 10.1. The molecule has 2 heterocycles. The molecule has 90 valence electrons. The van der Waals surface area contributed by atoms with Crippen molar-refractivity contribution in [3.05, 3.63) is 10.0 Å².